The van der Waals surface area contributed by atoms with Gasteiger partial charge in [-0.2, -0.15) is 0 Å². The summed E-state index contributed by atoms with van der Waals surface area (Å²) < 4.78 is 0. The highest BCUT2D eigenvalue weighted by Gasteiger charge is 2.61. The fourth-order valence-corrected chi connectivity index (χ4v) is 8.21. The third-order valence-corrected chi connectivity index (χ3v) is 9.69. The smallest absolute Gasteiger partial charge is 0.136 e. The van der Waals surface area contributed by atoms with Crippen LogP contribution in [0.5, 0.6) is 0 Å². The molecule has 0 radical (unpaired) electrons. The lowest BCUT2D eigenvalue weighted by Crippen LogP contribution is -2.55. The molecule has 0 aliphatic heterocycles. The average Bonchev–Trinajstić information content (AvgIpc) is 2.92. The number of hydrogen-bond acceptors (Lipinski definition) is 2. The first-order valence-electron chi connectivity index (χ1n) is 11.0. The molecular formula is C23H38O2. The van der Waals surface area contributed by atoms with Gasteiger partial charge in [0.2, 0.25) is 0 Å². The van der Waals surface area contributed by atoms with E-state index in [0.717, 1.165) is 43.4 Å². The van der Waals surface area contributed by atoms with Crippen LogP contribution in [-0.2, 0) is 4.79 Å². The van der Waals surface area contributed by atoms with Crippen molar-refractivity contribution < 1.29 is 9.90 Å². The molecule has 0 aromatic carbocycles. The van der Waals surface area contributed by atoms with Crippen molar-refractivity contribution in [3.63, 3.8) is 0 Å². The fraction of sp³-hybridized carbons (Fsp3) is 0.957. The Morgan fingerprint density at radius 3 is 2.36 bits per heavy atom. The van der Waals surface area contributed by atoms with E-state index in [1.807, 2.05) is 6.92 Å². The van der Waals surface area contributed by atoms with Crippen LogP contribution in [0, 0.1) is 40.4 Å². The van der Waals surface area contributed by atoms with E-state index < -0.39 is 5.60 Å². The monoisotopic (exact) mass is 346 g/mol. The summed E-state index contributed by atoms with van der Waals surface area (Å²) in [5.41, 5.74) is 0.267. The number of carbonyl (C=O) groups excluding carboxylic acids is 1. The van der Waals surface area contributed by atoms with Crippen molar-refractivity contribution in [2.24, 2.45) is 40.4 Å². The highest BCUT2D eigenvalue weighted by atomic mass is 16.3. The molecule has 2 heteroatoms. The van der Waals surface area contributed by atoms with Gasteiger partial charge in [-0.3, -0.25) is 4.79 Å². The van der Waals surface area contributed by atoms with Gasteiger partial charge in [-0.1, -0.05) is 20.8 Å². The molecule has 0 amide bonds. The molecule has 2 nitrogen and oxygen atoms in total. The van der Waals surface area contributed by atoms with Crippen LogP contribution in [0.4, 0.5) is 0 Å². The van der Waals surface area contributed by atoms with Gasteiger partial charge in [0.1, 0.15) is 5.78 Å². The second-order valence-electron chi connectivity index (χ2n) is 10.9. The van der Waals surface area contributed by atoms with Gasteiger partial charge in [-0.15, -0.1) is 0 Å². The molecule has 4 aliphatic carbocycles. The summed E-state index contributed by atoms with van der Waals surface area (Å²) in [6.07, 6.45) is 11.5. The van der Waals surface area contributed by atoms with Crippen LogP contribution in [0.3, 0.4) is 0 Å². The van der Waals surface area contributed by atoms with Gasteiger partial charge in [0.15, 0.2) is 0 Å². The maximum Gasteiger partial charge on any atom is 0.136 e. The van der Waals surface area contributed by atoms with E-state index in [2.05, 4.69) is 20.8 Å². The zero-order valence-corrected chi connectivity index (χ0v) is 16.8. The molecule has 0 saturated heterocycles. The molecule has 4 rings (SSSR count). The molecule has 142 valence electrons. The Morgan fingerprint density at radius 1 is 0.920 bits per heavy atom. The zero-order valence-electron chi connectivity index (χ0n) is 16.8. The first-order valence-corrected chi connectivity index (χ1v) is 11.0. The van der Waals surface area contributed by atoms with E-state index in [9.17, 15) is 9.90 Å². The third-order valence-electron chi connectivity index (χ3n) is 9.69. The van der Waals surface area contributed by atoms with Crippen LogP contribution < -0.4 is 0 Å². The van der Waals surface area contributed by atoms with Crippen LogP contribution in [0.1, 0.15) is 91.9 Å². The van der Waals surface area contributed by atoms with Gasteiger partial charge >= 0.3 is 0 Å². The van der Waals surface area contributed by atoms with Crippen LogP contribution in [0.15, 0.2) is 0 Å². The Balaban J connectivity index is 1.59. The van der Waals surface area contributed by atoms with Crippen molar-refractivity contribution in [2.75, 3.05) is 0 Å². The number of fused-ring (bicyclic) bond motifs is 5. The zero-order chi connectivity index (χ0) is 18.0. The van der Waals surface area contributed by atoms with E-state index in [-0.39, 0.29) is 5.41 Å². The first kappa shape index (κ1) is 18.0. The Bertz CT molecular complexity index is 552. The van der Waals surface area contributed by atoms with Crippen LogP contribution in [0.2, 0.25) is 0 Å². The van der Waals surface area contributed by atoms with E-state index in [0.29, 0.717) is 23.0 Å². The summed E-state index contributed by atoms with van der Waals surface area (Å²) in [5.74, 6) is 4.00. The maximum absolute atomic E-state index is 12.6. The van der Waals surface area contributed by atoms with E-state index >= 15 is 0 Å². The molecule has 8 atom stereocenters. The molecule has 1 N–H and O–H groups in total. The second-order valence-corrected chi connectivity index (χ2v) is 10.9. The summed E-state index contributed by atoms with van der Waals surface area (Å²) in [6, 6.07) is 0. The van der Waals surface area contributed by atoms with Gasteiger partial charge in [0.05, 0.1) is 5.60 Å². The lowest BCUT2D eigenvalue weighted by Gasteiger charge is -2.61. The molecule has 0 spiro atoms. The van der Waals surface area contributed by atoms with E-state index in [1.165, 1.54) is 38.5 Å². The van der Waals surface area contributed by atoms with Gasteiger partial charge < -0.3 is 5.11 Å². The summed E-state index contributed by atoms with van der Waals surface area (Å²) in [7, 11) is 0. The molecule has 2 unspecified atom stereocenters. The Hall–Kier alpha value is -0.370. The topological polar surface area (TPSA) is 37.3 Å². The minimum atomic E-state index is -0.438. The number of carbonyl (C=O) groups is 1. The fourth-order valence-electron chi connectivity index (χ4n) is 8.21. The molecule has 0 aromatic heterocycles. The summed E-state index contributed by atoms with van der Waals surface area (Å²) in [4.78, 5) is 12.6. The summed E-state index contributed by atoms with van der Waals surface area (Å²) in [6.45, 7) is 9.11. The Kier molecular flexibility index (Phi) is 4.19. The van der Waals surface area contributed by atoms with Crippen LogP contribution in [-0.4, -0.2) is 16.5 Å². The Labute approximate surface area is 154 Å². The van der Waals surface area contributed by atoms with Crippen molar-refractivity contribution in [2.45, 2.75) is 97.5 Å². The molecule has 4 aliphatic rings. The highest BCUT2D eigenvalue weighted by molar-refractivity contribution is 5.81. The third kappa shape index (κ3) is 2.57. The summed E-state index contributed by atoms with van der Waals surface area (Å²) >= 11 is 0. The van der Waals surface area contributed by atoms with Crippen molar-refractivity contribution in [3.8, 4) is 0 Å². The van der Waals surface area contributed by atoms with E-state index in [4.69, 9.17) is 0 Å². The largest absolute Gasteiger partial charge is 0.390 e. The predicted molar refractivity (Wildman–Crippen MR) is 101 cm³/mol. The van der Waals surface area contributed by atoms with Crippen molar-refractivity contribution >= 4 is 5.78 Å². The number of hydrogen-bond donors (Lipinski definition) is 1. The van der Waals surface area contributed by atoms with Crippen molar-refractivity contribution in [3.05, 3.63) is 0 Å². The van der Waals surface area contributed by atoms with Crippen molar-refractivity contribution in [1.82, 2.24) is 0 Å². The molecule has 4 saturated carbocycles. The van der Waals surface area contributed by atoms with Gasteiger partial charge in [-0.25, -0.2) is 0 Å². The second kappa shape index (κ2) is 5.81. The predicted octanol–water partition coefficient (Wildman–Crippen LogP) is 5.38. The molecule has 4 fully saturated rings. The molecular weight excluding hydrogens is 308 g/mol. The molecule has 0 heterocycles. The number of Topliss-reactive ketones (excluding diaryl/α,β-unsaturated/α-hetero) is 1. The molecule has 0 aromatic rings. The lowest BCUT2D eigenvalue weighted by atomic mass is 9.44. The van der Waals surface area contributed by atoms with Crippen molar-refractivity contribution in [1.29, 1.82) is 0 Å². The minimum absolute atomic E-state index is 0.275. The molecule has 25 heavy (non-hydrogen) atoms. The average molecular weight is 347 g/mol. The quantitative estimate of drug-likeness (QED) is 0.729. The molecule has 0 bridgehead atoms. The lowest BCUT2D eigenvalue weighted by molar-refractivity contribution is -0.150. The Morgan fingerprint density at radius 2 is 1.64 bits per heavy atom. The van der Waals surface area contributed by atoms with Gasteiger partial charge in [0.25, 0.3) is 0 Å². The van der Waals surface area contributed by atoms with Crippen LogP contribution >= 0.6 is 0 Å². The van der Waals surface area contributed by atoms with Crippen LogP contribution in [0.25, 0.3) is 0 Å². The maximum atomic E-state index is 12.6. The number of rotatable bonds is 2. The SMILES string of the molecule is CCC(=O)[C@H]1CC[C@H]2[C@@H]3CCC4CC(C)(O)CC[C@]4(C)[C@H]3CC[C@]12C. The first-order chi connectivity index (χ1) is 11.7. The van der Waals surface area contributed by atoms with Gasteiger partial charge in [0, 0.05) is 12.3 Å². The highest BCUT2D eigenvalue weighted by Crippen LogP contribution is 2.68. The standard InChI is InChI=1S/C23H38O2/c1-5-20(24)19-9-8-17-16-7-6-15-14-21(2,25)12-13-22(15,3)18(16)10-11-23(17,19)4/h15-19,25H,5-14H2,1-4H3/t15?,16-,17-,18-,19+,21?,22-,23-/m0/s1. The summed E-state index contributed by atoms with van der Waals surface area (Å²) in [5, 5.41) is 10.6. The van der Waals surface area contributed by atoms with E-state index in [1.54, 1.807) is 0 Å². The number of ketones is 1. The minimum Gasteiger partial charge on any atom is -0.390 e. The van der Waals surface area contributed by atoms with Gasteiger partial charge in [-0.05, 0) is 99.2 Å². The normalized spacial score (nSPS) is 55.2. The number of aliphatic hydroxyl groups is 1.